The maximum atomic E-state index is 13.1. The fraction of sp³-hybridized carbons (Fsp3) is 0.179. The maximum Gasteiger partial charge on any atom is 0.240 e. The number of rotatable bonds is 8. The van der Waals surface area contributed by atoms with Crippen LogP contribution in [0.15, 0.2) is 72.9 Å². The zero-order valence-electron chi connectivity index (χ0n) is 20.2. The molecule has 1 aromatic heterocycles. The lowest BCUT2D eigenvalue weighted by Gasteiger charge is -2.16. The van der Waals surface area contributed by atoms with Crippen molar-refractivity contribution in [1.29, 1.82) is 0 Å². The molecule has 3 aromatic carbocycles. The summed E-state index contributed by atoms with van der Waals surface area (Å²) < 4.78 is 29.9. The van der Waals surface area contributed by atoms with E-state index in [1.807, 2.05) is 0 Å². The average Bonchev–Trinajstić information content (AvgIpc) is 3.73. The summed E-state index contributed by atoms with van der Waals surface area (Å²) in [5.41, 5.74) is 0.517. The van der Waals surface area contributed by atoms with Gasteiger partial charge in [-0.05, 0) is 73.5 Å². The Labute approximate surface area is 212 Å². The molecule has 1 heterocycles. The molecule has 0 atom stereocenters. The van der Waals surface area contributed by atoms with E-state index >= 15 is 0 Å². The Kier molecular flexibility index (Phi) is 6.35. The molecule has 188 valence electrons. The summed E-state index contributed by atoms with van der Waals surface area (Å²) >= 11 is 0. The number of nitrogens with zero attached hydrogens (tertiary/aromatic N) is 1. The molecule has 0 radical (unpaired) electrons. The monoisotopic (exact) mass is 500 g/mol. The van der Waals surface area contributed by atoms with Gasteiger partial charge in [-0.1, -0.05) is 0 Å². The predicted molar refractivity (Wildman–Crippen MR) is 137 cm³/mol. The van der Waals surface area contributed by atoms with Crippen molar-refractivity contribution in [3.8, 4) is 23.0 Å². The van der Waals surface area contributed by atoms with Crippen molar-refractivity contribution < 1.29 is 28.2 Å². The molecule has 1 aliphatic carbocycles. The first-order chi connectivity index (χ1) is 17.9. The quantitative estimate of drug-likeness (QED) is 0.308. The lowest BCUT2D eigenvalue weighted by molar-refractivity contribution is -0.131. The molecule has 1 fully saturated rings. The number of hydrogen-bond acceptors (Lipinski definition) is 6. The Morgan fingerprint density at radius 1 is 0.811 bits per heavy atom. The van der Waals surface area contributed by atoms with E-state index in [2.05, 4.69) is 15.6 Å². The van der Waals surface area contributed by atoms with Crippen molar-refractivity contribution in [2.45, 2.75) is 12.8 Å². The van der Waals surface area contributed by atoms with Crippen LogP contribution in [0.5, 0.6) is 23.0 Å². The van der Waals surface area contributed by atoms with Crippen LogP contribution in [0.2, 0.25) is 0 Å². The number of hydrogen-bond donors (Lipinski definition) is 2. The highest BCUT2D eigenvalue weighted by molar-refractivity contribution is 6.16. The molecule has 0 aliphatic heterocycles. The fourth-order valence-electron chi connectivity index (χ4n) is 3.99. The van der Waals surface area contributed by atoms with E-state index in [4.69, 9.17) is 14.2 Å². The standard InChI is InChI=1S/C28H24FN3O5/c1-35-24-15-21-22(16-25(24)36-2)30-14-11-23(21)37-20-9-7-19(8-10-20)32-27(34)28(12-13-28)26(33)31-18-5-3-17(29)4-6-18/h3-11,14-16H,12-13H2,1-2H3,(H,31,33)(H,32,34)/i29-1. The summed E-state index contributed by atoms with van der Waals surface area (Å²) in [4.78, 5) is 30.1. The molecular formula is C28H24FN3O5. The first-order valence-corrected chi connectivity index (χ1v) is 11.6. The van der Waals surface area contributed by atoms with Crippen LogP contribution in [-0.2, 0) is 9.59 Å². The van der Waals surface area contributed by atoms with Crippen LogP contribution in [0.3, 0.4) is 0 Å². The molecule has 0 unspecified atom stereocenters. The number of benzene rings is 3. The van der Waals surface area contributed by atoms with Crippen molar-refractivity contribution in [2.75, 3.05) is 24.9 Å². The Hall–Kier alpha value is -4.66. The molecule has 0 saturated heterocycles. The SMILES string of the molecule is COc1cc2nccc(Oc3ccc(NC(=O)C4(C(=O)Nc5ccc([18F])cc5)CC4)cc3)c2cc1OC. The predicted octanol–water partition coefficient (Wildman–Crippen LogP) is 5.54. The number of aromatic nitrogens is 1. The van der Waals surface area contributed by atoms with E-state index < -0.39 is 17.1 Å². The maximum absolute atomic E-state index is 13.1. The minimum atomic E-state index is -1.14. The molecule has 0 bridgehead atoms. The van der Waals surface area contributed by atoms with Gasteiger partial charge in [0.05, 0.1) is 19.7 Å². The topological polar surface area (TPSA) is 98.8 Å². The molecule has 2 amide bonds. The molecule has 4 aromatic rings. The van der Waals surface area contributed by atoms with E-state index in [-0.39, 0.29) is 5.91 Å². The number of carbonyl (C=O) groups is 2. The fourth-order valence-corrected chi connectivity index (χ4v) is 3.99. The minimum Gasteiger partial charge on any atom is -0.493 e. The Morgan fingerprint density at radius 2 is 1.38 bits per heavy atom. The molecule has 8 nitrogen and oxygen atoms in total. The molecular weight excluding hydrogens is 476 g/mol. The van der Waals surface area contributed by atoms with Gasteiger partial charge in [0.15, 0.2) is 11.5 Å². The molecule has 37 heavy (non-hydrogen) atoms. The van der Waals surface area contributed by atoms with Gasteiger partial charge in [-0.3, -0.25) is 14.6 Å². The number of ether oxygens (including phenoxy) is 3. The van der Waals surface area contributed by atoms with Crippen LogP contribution in [0.25, 0.3) is 10.9 Å². The van der Waals surface area contributed by atoms with Crippen LogP contribution < -0.4 is 24.8 Å². The third-order valence-corrected chi connectivity index (χ3v) is 6.27. The van der Waals surface area contributed by atoms with Gasteiger partial charge in [0.25, 0.3) is 0 Å². The van der Waals surface area contributed by atoms with Gasteiger partial charge in [0, 0.05) is 29.0 Å². The molecule has 9 heteroatoms. The van der Waals surface area contributed by atoms with E-state index in [0.29, 0.717) is 52.7 Å². The summed E-state index contributed by atoms with van der Waals surface area (Å²) in [6.07, 6.45) is 2.52. The smallest absolute Gasteiger partial charge is 0.240 e. The number of halogens is 1. The lowest BCUT2D eigenvalue weighted by atomic mass is 10.0. The summed E-state index contributed by atoms with van der Waals surface area (Å²) in [7, 11) is 3.12. The number of carbonyl (C=O) groups excluding carboxylic acids is 2. The Bertz CT molecular complexity index is 1470. The van der Waals surface area contributed by atoms with Gasteiger partial charge in [-0.25, -0.2) is 4.39 Å². The number of amides is 2. The number of fused-ring (bicyclic) bond motifs is 1. The largest absolute Gasteiger partial charge is 0.493 e. The second-order valence-corrected chi connectivity index (χ2v) is 8.66. The average molecular weight is 501 g/mol. The van der Waals surface area contributed by atoms with Crippen LogP contribution >= 0.6 is 0 Å². The van der Waals surface area contributed by atoms with Crippen LogP contribution in [0.1, 0.15) is 12.8 Å². The number of pyridine rings is 1. The molecule has 1 saturated carbocycles. The molecule has 1 aliphatic rings. The van der Waals surface area contributed by atoms with E-state index in [9.17, 15) is 14.0 Å². The second-order valence-electron chi connectivity index (χ2n) is 8.66. The molecule has 0 spiro atoms. The third-order valence-electron chi connectivity index (χ3n) is 6.27. The Balaban J connectivity index is 1.27. The lowest BCUT2D eigenvalue weighted by Crippen LogP contribution is -2.35. The third kappa shape index (κ3) is 4.88. The minimum absolute atomic E-state index is 0.387. The highest BCUT2D eigenvalue weighted by atomic mass is 18.2. The Morgan fingerprint density at radius 3 is 1.95 bits per heavy atom. The first-order valence-electron chi connectivity index (χ1n) is 11.6. The van der Waals surface area contributed by atoms with Gasteiger partial charge in [-0.15, -0.1) is 0 Å². The summed E-state index contributed by atoms with van der Waals surface area (Å²) in [6, 6.07) is 17.6. The van der Waals surface area contributed by atoms with Crippen molar-refractivity contribution in [1.82, 2.24) is 4.98 Å². The van der Waals surface area contributed by atoms with E-state index in [1.165, 1.54) is 24.3 Å². The number of nitrogens with one attached hydrogen (secondary N) is 2. The van der Waals surface area contributed by atoms with Crippen molar-refractivity contribution in [3.63, 3.8) is 0 Å². The van der Waals surface area contributed by atoms with E-state index in [1.54, 1.807) is 62.9 Å². The molecule has 5 rings (SSSR count). The second kappa shape index (κ2) is 9.77. The van der Waals surface area contributed by atoms with E-state index in [0.717, 1.165) is 5.39 Å². The van der Waals surface area contributed by atoms with Crippen molar-refractivity contribution in [2.24, 2.45) is 5.41 Å². The summed E-state index contributed by atoms with van der Waals surface area (Å²) in [6.45, 7) is 0. The first kappa shape index (κ1) is 24.1. The van der Waals surface area contributed by atoms with Gasteiger partial charge < -0.3 is 24.8 Å². The van der Waals surface area contributed by atoms with Gasteiger partial charge >= 0.3 is 0 Å². The van der Waals surface area contributed by atoms with Crippen molar-refractivity contribution >= 4 is 34.1 Å². The van der Waals surface area contributed by atoms with Crippen molar-refractivity contribution in [3.05, 3.63) is 78.7 Å². The zero-order chi connectivity index (χ0) is 26.0. The van der Waals surface area contributed by atoms with Gasteiger partial charge in [-0.2, -0.15) is 0 Å². The highest BCUT2D eigenvalue weighted by Gasteiger charge is 2.56. The molecule has 2 N–H and O–H groups in total. The zero-order valence-corrected chi connectivity index (χ0v) is 20.2. The number of anilines is 2. The van der Waals surface area contributed by atoms with Gasteiger partial charge in [0.2, 0.25) is 11.8 Å². The summed E-state index contributed by atoms with van der Waals surface area (Å²) in [5.74, 6) is 1.06. The van der Waals surface area contributed by atoms with Crippen LogP contribution in [-0.4, -0.2) is 31.0 Å². The number of methoxy groups -OCH3 is 2. The summed E-state index contributed by atoms with van der Waals surface area (Å²) in [5, 5.41) is 6.26. The normalized spacial score (nSPS) is 13.5. The van der Waals surface area contributed by atoms with Gasteiger partial charge in [0.1, 0.15) is 22.7 Å². The van der Waals surface area contributed by atoms with Crippen LogP contribution in [0.4, 0.5) is 15.8 Å². The van der Waals surface area contributed by atoms with Crippen LogP contribution in [0, 0.1) is 11.2 Å². The highest BCUT2D eigenvalue weighted by Crippen LogP contribution is 2.47.